The number of nitrogens with one attached hydrogen (secondary N) is 1. The Balaban J connectivity index is 2.21. The van der Waals surface area contributed by atoms with Gasteiger partial charge in [-0.15, -0.1) is 0 Å². The molecule has 17 heavy (non-hydrogen) atoms. The maximum absolute atomic E-state index is 13.4. The van der Waals surface area contributed by atoms with Crippen molar-refractivity contribution in [1.82, 2.24) is 5.32 Å². The zero-order valence-electron chi connectivity index (χ0n) is 10.5. The normalized spacial score (nSPS) is 29.3. The van der Waals surface area contributed by atoms with E-state index in [1.807, 2.05) is 20.0 Å². The second-order valence-corrected chi connectivity index (χ2v) is 5.11. The predicted octanol–water partition coefficient (Wildman–Crippen LogP) is 2.48. The van der Waals surface area contributed by atoms with Crippen LogP contribution >= 0.6 is 0 Å². The Morgan fingerprint density at radius 3 is 2.47 bits per heavy atom. The minimum Gasteiger partial charge on any atom is -0.385 e. The number of hydrogen-bond acceptors (Lipinski definition) is 2. The lowest BCUT2D eigenvalue weighted by atomic mass is 9.77. The highest BCUT2D eigenvalue weighted by molar-refractivity contribution is 5.29. The van der Waals surface area contributed by atoms with Crippen molar-refractivity contribution in [3.8, 4) is 0 Å². The zero-order valence-corrected chi connectivity index (χ0v) is 10.5. The van der Waals surface area contributed by atoms with Gasteiger partial charge in [-0.1, -0.05) is 6.07 Å². The van der Waals surface area contributed by atoms with Crippen molar-refractivity contribution >= 4 is 0 Å². The van der Waals surface area contributed by atoms with Crippen LogP contribution in [0, 0.1) is 12.7 Å². The zero-order chi connectivity index (χ0) is 12.5. The van der Waals surface area contributed by atoms with E-state index in [1.165, 1.54) is 12.1 Å². The van der Waals surface area contributed by atoms with E-state index in [-0.39, 0.29) is 5.82 Å². The Morgan fingerprint density at radius 2 is 1.94 bits per heavy atom. The van der Waals surface area contributed by atoms with Crippen LogP contribution in [0.1, 0.15) is 36.8 Å². The molecule has 0 spiro atoms. The smallest absolute Gasteiger partial charge is 0.123 e. The number of hydrogen-bond donors (Lipinski definition) is 2. The van der Waals surface area contributed by atoms with Crippen LogP contribution in [-0.4, -0.2) is 18.2 Å². The standard InChI is InChI=1S/C14H20FNO/c1-10-7-11(9-12(15)8-10)14(17)5-3-13(16-2)4-6-14/h7-9,13,16-17H,3-6H2,1-2H3. The van der Waals surface area contributed by atoms with Crippen LogP contribution < -0.4 is 5.32 Å². The van der Waals surface area contributed by atoms with Crippen molar-refractivity contribution in [3.05, 3.63) is 35.1 Å². The largest absolute Gasteiger partial charge is 0.385 e. The van der Waals surface area contributed by atoms with Gasteiger partial charge in [0, 0.05) is 6.04 Å². The Labute approximate surface area is 102 Å². The summed E-state index contributed by atoms with van der Waals surface area (Å²) in [6.07, 6.45) is 3.26. The Hall–Kier alpha value is -0.930. The van der Waals surface area contributed by atoms with Crippen LogP contribution in [0.4, 0.5) is 4.39 Å². The first-order valence-electron chi connectivity index (χ1n) is 6.21. The molecule has 0 aliphatic heterocycles. The van der Waals surface area contributed by atoms with Crippen molar-refractivity contribution in [2.75, 3.05) is 7.05 Å². The fourth-order valence-electron chi connectivity index (χ4n) is 2.68. The highest BCUT2D eigenvalue weighted by Crippen LogP contribution is 2.37. The topological polar surface area (TPSA) is 32.3 Å². The van der Waals surface area contributed by atoms with Crippen LogP contribution in [0.2, 0.25) is 0 Å². The van der Waals surface area contributed by atoms with Crippen molar-refractivity contribution in [2.24, 2.45) is 0 Å². The van der Waals surface area contributed by atoms with Gasteiger partial charge in [-0.3, -0.25) is 0 Å². The molecule has 3 heteroatoms. The lowest BCUT2D eigenvalue weighted by molar-refractivity contribution is -0.00792. The van der Waals surface area contributed by atoms with Gasteiger partial charge in [0.1, 0.15) is 5.82 Å². The first-order chi connectivity index (χ1) is 8.03. The average molecular weight is 237 g/mol. The summed E-state index contributed by atoms with van der Waals surface area (Å²) in [5.41, 5.74) is 0.744. The van der Waals surface area contributed by atoms with Gasteiger partial charge in [0.15, 0.2) is 0 Å². The summed E-state index contributed by atoms with van der Waals surface area (Å²) < 4.78 is 13.4. The first-order valence-corrected chi connectivity index (χ1v) is 6.21. The summed E-state index contributed by atoms with van der Waals surface area (Å²) >= 11 is 0. The Bertz CT molecular complexity index is 377. The molecule has 0 amide bonds. The third kappa shape index (κ3) is 2.67. The average Bonchev–Trinajstić information content (AvgIpc) is 2.29. The number of rotatable bonds is 2. The van der Waals surface area contributed by atoms with E-state index in [1.54, 1.807) is 0 Å². The quantitative estimate of drug-likeness (QED) is 0.828. The van der Waals surface area contributed by atoms with Gasteiger partial charge in [0.25, 0.3) is 0 Å². The summed E-state index contributed by atoms with van der Waals surface area (Å²) in [6, 6.07) is 5.33. The monoisotopic (exact) mass is 237 g/mol. The SMILES string of the molecule is CNC1CCC(O)(c2cc(C)cc(F)c2)CC1. The molecule has 1 aromatic carbocycles. The number of halogens is 1. The summed E-state index contributed by atoms with van der Waals surface area (Å²) in [6.45, 7) is 1.86. The first kappa shape index (κ1) is 12.5. The number of benzene rings is 1. The van der Waals surface area contributed by atoms with Crippen LogP contribution in [0.25, 0.3) is 0 Å². The van der Waals surface area contributed by atoms with Crippen molar-refractivity contribution in [2.45, 2.75) is 44.2 Å². The van der Waals surface area contributed by atoms with E-state index in [0.29, 0.717) is 18.9 Å². The molecule has 0 heterocycles. The molecule has 0 unspecified atom stereocenters. The second-order valence-electron chi connectivity index (χ2n) is 5.11. The Kier molecular flexibility index (Phi) is 3.50. The van der Waals surface area contributed by atoms with E-state index in [4.69, 9.17) is 0 Å². The minimum atomic E-state index is -0.847. The van der Waals surface area contributed by atoms with Gasteiger partial charge >= 0.3 is 0 Å². The van der Waals surface area contributed by atoms with Gasteiger partial charge in [0.05, 0.1) is 5.60 Å². The molecule has 94 valence electrons. The molecule has 0 aromatic heterocycles. The Morgan fingerprint density at radius 1 is 1.29 bits per heavy atom. The summed E-state index contributed by atoms with van der Waals surface area (Å²) in [5.74, 6) is -0.260. The molecule has 0 bridgehead atoms. The fourth-order valence-corrected chi connectivity index (χ4v) is 2.68. The number of aryl methyl sites for hydroxylation is 1. The van der Waals surface area contributed by atoms with Crippen molar-refractivity contribution in [3.63, 3.8) is 0 Å². The highest BCUT2D eigenvalue weighted by Gasteiger charge is 2.34. The minimum absolute atomic E-state index is 0.260. The molecular weight excluding hydrogens is 217 g/mol. The molecule has 1 aliphatic rings. The second kappa shape index (κ2) is 4.75. The molecule has 2 nitrogen and oxygen atoms in total. The van der Waals surface area contributed by atoms with Crippen LogP contribution in [-0.2, 0) is 5.60 Å². The molecule has 0 atom stereocenters. The van der Waals surface area contributed by atoms with Crippen molar-refractivity contribution < 1.29 is 9.50 Å². The van der Waals surface area contributed by atoms with Gasteiger partial charge in [0.2, 0.25) is 0 Å². The van der Waals surface area contributed by atoms with Gasteiger partial charge in [-0.25, -0.2) is 4.39 Å². The van der Waals surface area contributed by atoms with E-state index in [2.05, 4.69) is 5.32 Å². The molecule has 1 aromatic rings. The molecular formula is C14H20FNO. The molecule has 0 saturated heterocycles. The van der Waals surface area contributed by atoms with Crippen LogP contribution in [0.5, 0.6) is 0 Å². The maximum Gasteiger partial charge on any atom is 0.123 e. The lowest BCUT2D eigenvalue weighted by Crippen LogP contribution is -2.38. The van der Waals surface area contributed by atoms with Gasteiger partial charge in [-0.05, 0) is 62.9 Å². The third-order valence-electron chi connectivity index (χ3n) is 3.80. The predicted molar refractivity (Wildman–Crippen MR) is 66.3 cm³/mol. The van der Waals surface area contributed by atoms with E-state index >= 15 is 0 Å². The van der Waals surface area contributed by atoms with Gasteiger partial charge in [-0.2, -0.15) is 0 Å². The van der Waals surface area contributed by atoms with E-state index in [9.17, 15) is 9.50 Å². The van der Waals surface area contributed by atoms with Crippen molar-refractivity contribution in [1.29, 1.82) is 0 Å². The fraction of sp³-hybridized carbons (Fsp3) is 0.571. The number of aliphatic hydroxyl groups is 1. The van der Waals surface area contributed by atoms with Crippen LogP contribution in [0.3, 0.4) is 0 Å². The molecule has 1 aliphatic carbocycles. The lowest BCUT2D eigenvalue weighted by Gasteiger charge is -2.36. The molecule has 0 radical (unpaired) electrons. The third-order valence-corrected chi connectivity index (χ3v) is 3.80. The highest BCUT2D eigenvalue weighted by atomic mass is 19.1. The summed E-state index contributed by atoms with van der Waals surface area (Å²) in [7, 11) is 1.95. The van der Waals surface area contributed by atoms with Crippen LogP contribution in [0.15, 0.2) is 18.2 Å². The molecule has 2 rings (SSSR count). The molecule has 1 saturated carbocycles. The molecule has 1 fully saturated rings. The van der Waals surface area contributed by atoms with E-state index in [0.717, 1.165) is 24.0 Å². The van der Waals surface area contributed by atoms with E-state index < -0.39 is 5.60 Å². The maximum atomic E-state index is 13.4. The summed E-state index contributed by atoms with van der Waals surface area (Å²) in [4.78, 5) is 0. The summed E-state index contributed by atoms with van der Waals surface area (Å²) in [5, 5.41) is 13.8. The molecule has 2 N–H and O–H groups in total. The van der Waals surface area contributed by atoms with Gasteiger partial charge < -0.3 is 10.4 Å².